The molecule has 0 saturated carbocycles. The van der Waals surface area contributed by atoms with Crippen molar-refractivity contribution in [3.63, 3.8) is 0 Å². The highest BCUT2D eigenvalue weighted by molar-refractivity contribution is 7.18. The van der Waals surface area contributed by atoms with Gasteiger partial charge in [0, 0.05) is 5.69 Å². The molecule has 0 spiro atoms. The van der Waals surface area contributed by atoms with Crippen molar-refractivity contribution in [1.82, 2.24) is 19.8 Å². The van der Waals surface area contributed by atoms with E-state index < -0.39 is 17.9 Å². The van der Waals surface area contributed by atoms with Gasteiger partial charge in [0.25, 0.3) is 11.7 Å². The quantitative estimate of drug-likeness (QED) is 0.777. The molecule has 1 amide bonds. The molecule has 0 unspecified atom stereocenters. The summed E-state index contributed by atoms with van der Waals surface area (Å²) >= 11 is 0.735. The number of fused-ring (bicyclic) bond motifs is 1. The smallest absolute Gasteiger partial charge is 0.320 e. The molecule has 0 saturated heterocycles. The first-order valence-corrected chi connectivity index (χ1v) is 7.25. The van der Waals surface area contributed by atoms with Crippen LogP contribution in [-0.2, 0) is 6.18 Å². The standard InChI is InChI=1S/C13H10F3N5OS/c1-6-3-4-8(5-7(6)2)17-9(22)10-20-21-11(13(14,15)16)18-19-12(21)23-10/h3-5H,1-2H3,(H,17,22). The zero-order chi connectivity index (χ0) is 16.8. The molecule has 120 valence electrons. The van der Waals surface area contributed by atoms with Crippen LogP contribution in [0.4, 0.5) is 18.9 Å². The fourth-order valence-corrected chi connectivity index (χ4v) is 2.62. The van der Waals surface area contributed by atoms with E-state index in [1.165, 1.54) is 0 Å². The van der Waals surface area contributed by atoms with Crippen molar-refractivity contribution in [2.45, 2.75) is 20.0 Å². The summed E-state index contributed by atoms with van der Waals surface area (Å²) in [5.41, 5.74) is 2.59. The fourth-order valence-electron chi connectivity index (χ4n) is 1.89. The molecule has 0 fully saturated rings. The van der Waals surface area contributed by atoms with Crippen LogP contribution in [-0.4, -0.2) is 25.7 Å². The third-order valence-corrected chi connectivity index (χ3v) is 4.10. The van der Waals surface area contributed by atoms with Crippen molar-refractivity contribution >= 4 is 27.9 Å². The largest absolute Gasteiger partial charge is 0.453 e. The van der Waals surface area contributed by atoms with Crippen LogP contribution in [0.5, 0.6) is 0 Å². The summed E-state index contributed by atoms with van der Waals surface area (Å²) < 4.78 is 38.7. The highest BCUT2D eigenvalue weighted by Gasteiger charge is 2.38. The minimum absolute atomic E-state index is 0.0949. The number of alkyl halides is 3. The number of benzene rings is 1. The van der Waals surface area contributed by atoms with Crippen LogP contribution in [0.2, 0.25) is 0 Å². The summed E-state index contributed by atoms with van der Waals surface area (Å²) in [6, 6.07) is 5.32. The molecule has 6 nitrogen and oxygen atoms in total. The average molecular weight is 341 g/mol. The van der Waals surface area contributed by atoms with Crippen molar-refractivity contribution in [3.05, 3.63) is 40.2 Å². The number of hydrogen-bond donors (Lipinski definition) is 1. The Morgan fingerprint density at radius 2 is 1.96 bits per heavy atom. The van der Waals surface area contributed by atoms with Gasteiger partial charge in [0.1, 0.15) is 0 Å². The molecule has 0 aliphatic rings. The molecule has 0 atom stereocenters. The van der Waals surface area contributed by atoms with E-state index in [-0.39, 0.29) is 9.97 Å². The number of rotatable bonds is 2. The molecule has 2 heterocycles. The van der Waals surface area contributed by atoms with Gasteiger partial charge in [0.15, 0.2) is 0 Å². The van der Waals surface area contributed by atoms with E-state index in [1.807, 2.05) is 19.9 Å². The topological polar surface area (TPSA) is 72.2 Å². The highest BCUT2D eigenvalue weighted by atomic mass is 32.1. The summed E-state index contributed by atoms with van der Waals surface area (Å²) in [4.78, 5) is 12.0. The first-order valence-electron chi connectivity index (χ1n) is 6.44. The Bertz CT molecular complexity index is 899. The van der Waals surface area contributed by atoms with Crippen LogP contribution in [0.3, 0.4) is 0 Å². The van der Waals surface area contributed by atoms with Crippen molar-refractivity contribution in [2.24, 2.45) is 0 Å². The average Bonchev–Trinajstić information content (AvgIpc) is 3.01. The van der Waals surface area contributed by atoms with Gasteiger partial charge < -0.3 is 5.32 Å². The van der Waals surface area contributed by atoms with Gasteiger partial charge in [0.2, 0.25) is 9.97 Å². The molecule has 2 aromatic heterocycles. The van der Waals surface area contributed by atoms with Gasteiger partial charge in [-0.25, -0.2) is 0 Å². The molecule has 1 N–H and O–H groups in total. The lowest BCUT2D eigenvalue weighted by Crippen LogP contribution is -2.15. The first kappa shape index (κ1) is 15.4. The number of nitrogens with one attached hydrogen (secondary N) is 1. The first-order chi connectivity index (χ1) is 10.8. The van der Waals surface area contributed by atoms with Crippen LogP contribution in [0.1, 0.15) is 26.8 Å². The number of halogens is 3. The monoisotopic (exact) mass is 341 g/mol. The molecule has 1 aromatic carbocycles. The van der Waals surface area contributed by atoms with Crippen LogP contribution in [0, 0.1) is 13.8 Å². The lowest BCUT2D eigenvalue weighted by atomic mass is 10.1. The number of nitrogens with zero attached hydrogens (tertiary/aromatic N) is 4. The van der Waals surface area contributed by atoms with Gasteiger partial charge in [-0.05, 0) is 37.1 Å². The second kappa shape index (κ2) is 5.30. The van der Waals surface area contributed by atoms with Crippen LogP contribution in [0.15, 0.2) is 18.2 Å². The zero-order valence-electron chi connectivity index (χ0n) is 12.0. The van der Waals surface area contributed by atoms with Crippen molar-refractivity contribution in [3.8, 4) is 0 Å². The lowest BCUT2D eigenvalue weighted by Gasteiger charge is -2.05. The van der Waals surface area contributed by atoms with E-state index in [0.717, 1.165) is 22.5 Å². The molecule has 0 aliphatic carbocycles. The Morgan fingerprint density at radius 1 is 1.22 bits per heavy atom. The van der Waals surface area contributed by atoms with E-state index in [0.29, 0.717) is 10.2 Å². The number of amides is 1. The molecular formula is C13H10F3N5OS. The molecular weight excluding hydrogens is 331 g/mol. The third-order valence-electron chi connectivity index (χ3n) is 3.20. The van der Waals surface area contributed by atoms with E-state index >= 15 is 0 Å². The van der Waals surface area contributed by atoms with E-state index in [2.05, 4.69) is 20.6 Å². The van der Waals surface area contributed by atoms with Gasteiger partial charge in [-0.3, -0.25) is 4.79 Å². The lowest BCUT2D eigenvalue weighted by molar-refractivity contribution is -0.146. The molecule has 23 heavy (non-hydrogen) atoms. The summed E-state index contributed by atoms with van der Waals surface area (Å²) in [7, 11) is 0. The molecule has 10 heteroatoms. The van der Waals surface area contributed by atoms with Crippen molar-refractivity contribution in [2.75, 3.05) is 5.32 Å². The number of aryl methyl sites for hydroxylation is 2. The third kappa shape index (κ3) is 2.89. The summed E-state index contributed by atoms with van der Waals surface area (Å²) in [6.45, 7) is 3.83. The molecule has 3 rings (SSSR count). The Morgan fingerprint density at radius 3 is 2.61 bits per heavy atom. The molecule has 0 bridgehead atoms. The Balaban J connectivity index is 1.89. The minimum atomic E-state index is -4.69. The van der Waals surface area contributed by atoms with Gasteiger partial charge >= 0.3 is 6.18 Å². The molecule has 3 aromatic rings. The second-order valence-electron chi connectivity index (χ2n) is 4.88. The Hall–Kier alpha value is -2.49. The highest BCUT2D eigenvalue weighted by Crippen LogP contribution is 2.29. The predicted molar refractivity (Wildman–Crippen MR) is 77.5 cm³/mol. The van der Waals surface area contributed by atoms with Gasteiger partial charge in [-0.15, -0.1) is 15.3 Å². The number of anilines is 1. The maximum absolute atomic E-state index is 12.7. The van der Waals surface area contributed by atoms with Gasteiger partial charge in [0.05, 0.1) is 0 Å². The number of carbonyl (C=O) groups excluding carboxylic acids is 1. The summed E-state index contributed by atoms with van der Waals surface area (Å²) in [5, 5.41) is 12.6. The van der Waals surface area contributed by atoms with Crippen molar-refractivity contribution < 1.29 is 18.0 Å². The van der Waals surface area contributed by atoms with Crippen LogP contribution < -0.4 is 5.32 Å². The minimum Gasteiger partial charge on any atom is -0.320 e. The van der Waals surface area contributed by atoms with Gasteiger partial charge in [-0.2, -0.15) is 17.7 Å². The van der Waals surface area contributed by atoms with E-state index in [1.54, 1.807) is 12.1 Å². The van der Waals surface area contributed by atoms with Crippen LogP contribution >= 0.6 is 11.3 Å². The van der Waals surface area contributed by atoms with E-state index in [9.17, 15) is 18.0 Å². The molecule has 0 radical (unpaired) electrons. The zero-order valence-corrected chi connectivity index (χ0v) is 12.8. The van der Waals surface area contributed by atoms with Crippen LogP contribution in [0.25, 0.3) is 4.96 Å². The summed E-state index contributed by atoms with van der Waals surface area (Å²) in [5.74, 6) is -1.86. The Kier molecular flexibility index (Phi) is 3.55. The Labute approximate surface area is 132 Å². The summed E-state index contributed by atoms with van der Waals surface area (Å²) in [6.07, 6.45) is -4.69. The maximum atomic E-state index is 12.7. The second-order valence-corrected chi connectivity index (χ2v) is 5.83. The maximum Gasteiger partial charge on any atom is 0.453 e. The van der Waals surface area contributed by atoms with Gasteiger partial charge in [-0.1, -0.05) is 17.4 Å². The number of carbonyl (C=O) groups is 1. The fraction of sp³-hybridized carbons (Fsp3) is 0.231. The SMILES string of the molecule is Cc1ccc(NC(=O)c2nn3c(C(F)(F)F)nnc3s2)cc1C. The number of aromatic nitrogens is 4. The molecule has 0 aliphatic heterocycles. The van der Waals surface area contributed by atoms with Crippen molar-refractivity contribution in [1.29, 1.82) is 0 Å². The normalized spacial score (nSPS) is 11.9. The predicted octanol–water partition coefficient (Wildman–Crippen LogP) is 3.07. The number of hydrogen-bond acceptors (Lipinski definition) is 5. The van der Waals surface area contributed by atoms with E-state index in [4.69, 9.17) is 0 Å².